The van der Waals surface area contributed by atoms with E-state index in [1.54, 1.807) is 0 Å². The molecule has 1 unspecified atom stereocenters. The van der Waals surface area contributed by atoms with Crippen LogP contribution in [0, 0.1) is 0 Å². The second-order valence-corrected chi connectivity index (χ2v) is 7.30. The summed E-state index contributed by atoms with van der Waals surface area (Å²) in [5, 5.41) is 15.6. The molecule has 160 valence electrons. The molecule has 0 spiro atoms. The van der Waals surface area contributed by atoms with E-state index in [0.717, 1.165) is 6.42 Å². The fourth-order valence-electron chi connectivity index (χ4n) is 3.46. The molecule has 1 aliphatic heterocycles. The Balaban J connectivity index is 0.000000343. The third-order valence-corrected chi connectivity index (χ3v) is 5.08. The topological polar surface area (TPSA) is 81.1 Å². The number of benzene rings is 2. The molecule has 1 fully saturated rings. The Labute approximate surface area is 178 Å². The number of piperazine rings is 1. The highest BCUT2D eigenvalue weighted by Crippen LogP contribution is 2.27. The van der Waals surface area contributed by atoms with Gasteiger partial charge in [-0.2, -0.15) is 0 Å². The highest BCUT2D eigenvalue weighted by molar-refractivity contribution is 5.89. The van der Waals surface area contributed by atoms with Gasteiger partial charge in [0.05, 0.1) is 0 Å². The van der Waals surface area contributed by atoms with Crippen molar-refractivity contribution in [3.8, 4) is 0 Å². The van der Waals surface area contributed by atoms with Crippen LogP contribution in [-0.4, -0.2) is 65.2 Å². The first-order valence-electron chi connectivity index (χ1n) is 10.1. The Morgan fingerprint density at radius 3 is 1.87 bits per heavy atom. The van der Waals surface area contributed by atoms with Crippen LogP contribution in [-0.2, 0) is 16.0 Å². The fraction of sp³-hybridized carbons (Fsp3) is 0.333. The SMILES string of the molecule is CN1CCN(C(CCc2ccccc2)c2ccccc2)CC1.O=C(O)/C=C\C(=O)O. The summed E-state index contributed by atoms with van der Waals surface area (Å²) < 4.78 is 0. The Morgan fingerprint density at radius 1 is 0.867 bits per heavy atom. The Kier molecular flexibility index (Phi) is 9.77. The molecule has 1 aliphatic rings. The lowest BCUT2D eigenvalue weighted by Gasteiger charge is -2.38. The van der Waals surface area contributed by atoms with Crippen molar-refractivity contribution in [2.45, 2.75) is 18.9 Å². The first-order chi connectivity index (χ1) is 14.5. The van der Waals surface area contributed by atoms with E-state index in [-0.39, 0.29) is 0 Å². The quantitative estimate of drug-likeness (QED) is 0.682. The van der Waals surface area contributed by atoms with Crippen LogP contribution in [0.5, 0.6) is 0 Å². The second-order valence-electron chi connectivity index (χ2n) is 7.30. The van der Waals surface area contributed by atoms with Crippen molar-refractivity contribution >= 4 is 11.9 Å². The third-order valence-electron chi connectivity index (χ3n) is 5.08. The molecule has 0 radical (unpaired) electrons. The molecule has 0 saturated carbocycles. The van der Waals surface area contributed by atoms with Crippen LogP contribution in [0.1, 0.15) is 23.6 Å². The van der Waals surface area contributed by atoms with E-state index < -0.39 is 11.9 Å². The molecule has 30 heavy (non-hydrogen) atoms. The summed E-state index contributed by atoms with van der Waals surface area (Å²) in [6.07, 6.45) is 3.45. The van der Waals surface area contributed by atoms with E-state index >= 15 is 0 Å². The van der Waals surface area contributed by atoms with Crippen molar-refractivity contribution in [3.05, 3.63) is 83.9 Å². The zero-order chi connectivity index (χ0) is 21.8. The first kappa shape index (κ1) is 23.3. The minimum absolute atomic E-state index is 0.537. The number of carboxylic acid groups (broad SMARTS) is 2. The lowest BCUT2D eigenvalue weighted by Crippen LogP contribution is -2.46. The molecule has 0 amide bonds. The highest BCUT2D eigenvalue weighted by atomic mass is 16.4. The lowest BCUT2D eigenvalue weighted by molar-refractivity contribution is -0.134. The van der Waals surface area contributed by atoms with Gasteiger partial charge in [-0.05, 0) is 31.0 Å². The van der Waals surface area contributed by atoms with Gasteiger partial charge in [-0.15, -0.1) is 0 Å². The van der Waals surface area contributed by atoms with Gasteiger partial charge in [-0.1, -0.05) is 60.7 Å². The van der Waals surface area contributed by atoms with Crippen LogP contribution in [0.3, 0.4) is 0 Å². The highest BCUT2D eigenvalue weighted by Gasteiger charge is 2.23. The Morgan fingerprint density at radius 2 is 1.37 bits per heavy atom. The number of rotatable bonds is 7. The molecule has 6 heteroatoms. The smallest absolute Gasteiger partial charge is 0.328 e. The van der Waals surface area contributed by atoms with Crippen molar-refractivity contribution in [3.63, 3.8) is 0 Å². The normalized spacial score (nSPS) is 15.9. The Bertz CT molecular complexity index is 784. The maximum atomic E-state index is 9.55. The largest absolute Gasteiger partial charge is 0.478 e. The predicted octanol–water partition coefficient (Wildman–Crippen LogP) is 3.32. The Hall–Kier alpha value is -2.96. The zero-order valence-corrected chi connectivity index (χ0v) is 17.4. The van der Waals surface area contributed by atoms with Gasteiger partial charge in [0, 0.05) is 44.4 Å². The van der Waals surface area contributed by atoms with E-state index in [9.17, 15) is 9.59 Å². The minimum atomic E-state index is -1.26. The standard InChI is InChI=1S/C20H26N2.C4H4O4/c1-21-14-16-22(17-15-21)20(19-10-6-3-7-11-19)13-12-18-8-4-2-5-9-18;5-3(6)1-2-4(7)8/h2-11,20H,12-17H2,1H3;1-2H,(H,5,6)(H,7,8)/b;2-1-. The second kappa shape index (κ2) is 12.6. The summed E-state index contributed by atoms with van der Waals surface area (Å²) in [4.78, 5) is 24.2. The number of carboxylic acids is 2. The predicted molar refractivity (Wildman–Crippen MR) is 117 cm³/mol. The molecule has 0 bridgehead atoms. The van der Waals surface area contributed by atoms with Gasteiger partial charge in [-0.25, -0.2) is 9.59 Å². The summed E-state index contributed by atoms with van der Waals surface area (Å²) in [7, 11) is 2.22. The summed E-state index contributed by atoms with van der Waals surface area (Å²) in [5.74, 6) is -2.51. The molecule has 3 rings (SSSR count). The molecule has 2 aromatic carbocycles. The van der Waals surface area contributed by atoms with E-state index in [4.69, 9.17) is 10.2 Å². The maximum Gasteiger partial charge on any atom is 0.328 e. The molecule has 1 atom stereocenters. The molecule has 2 N–H and O–H groups in total. The average Bonchev–Trinajstić information content (AvgIpc) is 2.76. The number of carbonyl (C=O) groups is 2. The number of hydrogen-bond acceptors (Lipinski definition) is 4. The number of hydrogen-bond donors (Lipinski definition) is 2. The van der Waals surface area contributed by atoms with Gasteiger partial charge in [-0.3, -0.25) is 4.90 Å². The van der Waals surface area contributed by atoms with Gasteiger partial charge in [0.1, 0.15) is 0 Å². The fourth-order valence-corrected chi connectivity index (χ4v) is 3.46. The number of aliphatic carboxylic acids is 2. The average molecular weight is 411 g/mol. The van der Waals surface area contributed by atoms with E-state index in [1.165, 1.54) is 43.7 Å². The van der Waals surface area contributed by atoms with Crippen molar-refractivity contribution in [2.75, 3.05) is 33.2 Å². The van der Waals surface area contributed by atoms with E-state index in [1.807, 2.05) is 0 Å². The molecule has 6 nitrogen and oxygen atoms in total. The van der Waals surface area contributed by atoms with Crippen molar-refractivity contribution in [1.29, 1.82) is 0 Å². The summed E-state index contributed by atoms with van der Waals surface area (Å²) in [6, 6.07) is 22.4. The third kappa shape index (κ3) is 8.59. The first-order valence-corrected chi connectivity index (χ1v) is 10.1. The molecule has 0 aromatic heterocycles. The number of likely N-dealkylation sites (N-methyl/N-ethyl adjacent to an activating group) is 1. The van der Waals surface area contributed by atoms with Gasteiger partial charge in [0.15, 0.2) is 0 Å². The van der Waals surface area contributed by atoms with Crippen molar-refractivity contribution in [2.24, 2.45) is 0 Å². The summed E-state index contributed by atoms with van der Waals surface area (Å²) >= 11 is 0. The van der Waals surface area contributed by atoms with Crippen LogP contribution < -0.4 is 0 Å². The van der Waals surface area contributed by atoms with E-state index in [2.05, 4.69) is 77.5 Å². The maximum absolute atomic E-state index is 9.55. The number of nitrogens with zero attached hydrogens (tertiary/aromatic N) is 2. The van der Waals surface area contributed by atoms with Crippen molar-refractivity contribution < 1.29 is 19.8 Å². The van der Waals surface area contributed by atoms with Gasteiger partial charge in [0.2, 0.25) is 0 Å². The van der Waals surface area contributed by atoms with Gasteiger partial charge < -0.3 is 15.1 Å². The van der Waals surface area contributed by atoms with Crippen LogP contribution in [0.15, 0.2) is 72.8 Å². The molecule has 1 heterocycles. The molecule has 0 aliphatic carbocycles. The molecule has 1 saturated heterocycles. The monoisotopic (exact) mass is 410 g/mol. The van der Waals surface area contributed by atoms with Crippen LogP contribution in [0.2, 0.25) is 0 Å². The number of aryl methyl sites for hydroxylation is 1. The van der Waals surface area contributed by atoms with Crippen LogP contribution in [0.25, 0.3) is 0 Å². The zero-order valence-electron chi connectivity index (χ0n) is 17.4. The van der Waals surface area contributed by atoms with Gasteiger partial charge in [0.25, 0.3) is 0 Å². The lowest BCUT2D eigenvalue weighted by atomic mass is 9.97. The van der Waals surface area contributed by atoms with E-state index in [0.29, 0.717) is 18.2 Å². The summed E-state index contributed by atoms with van der Waals surface area (Å²) in [5.41, 5.74) is 2.90. The van der Waals surface area contributed by atoms with Crippen molar-refractivity contribution in [1.82, 2.24) is 9.80 Å². The van der Waals surface area contributed by atoms with Crippen LogP contribution >= 0.6 is 0 Å². The minimum Gasteiger partial charge on any atom is -0.478 e. The summed E-state index contributed by atoms with van der Waals surface area (Å²) in [6.45, 7) is 4.69. The van der Waals surface area contributed by atoms with Gasteiger partial charge >= 0.3 is 11.9 Å². The molecular weight excluding hydrogens is 380 g/mol. The molecule has 2 aromatic rings. The molecular formula is C24H30N2O4. The van der Waals surface area contributed by atoms with Crippen LogP contribution in [0.4, 0.5) is 0 Å².